The Balaban J connectivity index is 1.92. The molecule has 1 fully saturated rings. The Bertz CT molecular complexity index is 635. The number of phenols is 1. The average molecular weight is 358 g/mol. The quantitative estimate of drug-likeness (QED) is 0.641. The Kier molecular flexibility index (Phi) is 6.24. The highest BCUT2D eigenvalue weighted by molar-refractivity contribution is 6.36. The molecule has 1 aromatic rings. The number of amides is 2. The number of hydrazone groups is 1. The number of phenolic OH excluding ortho intramolecular Hbond substituents is 1. The maximum absolute atomic E-state index is 11.8. The Morgan fingerprint density at radius 2 is 2.13 bits per heavy atom. The summed E-state index contributed by atoms with van der Waals surface area (Å²) in [5, 5.41) is 14.0. The molecule has 8 heteroatoms. The summed E-state index contributed by atoms with van der Waals surface area (Å²) in [5.41, 5.74) is 2.61. The third kappa shape index (κ3) is 5.11. The number of hydrogen-bond acceptors (Lipinski definition) is 4. The van der Waals surface area contributed by atoms with Crippen LogP contribution in [-0.4, -0.2) is 41.1 Å². The normalized spacial score (nSPS) is 15.7. The molecule has 1 saturated heterocycles. The number of likely N-dealkylation sites (tertiary alicyclic amines) is 1. The minimum Gasteiger partial charge on any atom is -0.506 e. The molecule has 2 amide bonds. The average Bonchev–Trinajstić information content (AvgIpc) is 2.69. The van der Waals surface area contributed by atoms with Gasteiger partial charge in [-0.2, -0.15) is 5.10 Å². The van der Waals surface area contributed by atoms with Gasteiger partial charge in [0.2, 0.25) is 5.91 Å². The largest absolute Gasteiger partial charge is 0.506 e. The van der Waals surface area contributed by atoms with Crippen molar-refractivity contribution < 1.29 is 14.7 Å². The lowest BCUT2D eigenvalue weighted by Gasteiger charge is -2.18. The van der Waals surface area contributed by atoms with E-state index in [0.29, 0.717) is 18.0 Å². The van der Waals surface area contributed by atoms with Crippen molar-refractivity contribution in [2.75, 3.05) is 13.1 Å². The molecule has 2 rings (SSSR count). The number of aromatic hydroxyl groups is 1. The second-order valence-corrected chi connectivity index (χ2v) is 6.09. The molecule has 1 aromatic carbocycles. The predicted octanol–water partition coefficient (Wildman–Crippen LogP) is 2.55. The molecule has 6 nitrogen and oxygen atoms in total. The zero-order valence-electron chi connectivity index (χ0n) is 12.4. The molecule has 1 aliphatic rings. The molecule has 0 saturated carbocycles. The molecular formula is C15H17Cl2N3O3. The van der Waals surface area contributed by atoms with E-state index in [1.54, 1.807) is 0 Å². The minimum absolute atomic E-state index is 0.0131. The third-order valence-corrected chi connectivity index (χ3v) is 3.96. The highest BCUT2D eigenvalue weighted by Crippen LogP contribution is 2.29. The van der Waals surface area contributed by atoms with Crippen LogP contribution >= 0.6 is 23.2 Å². The van der Waals surface area contributed by atoms with Gasteiger partial charge in [-0.1, -0.05) is 29.6 Å². The molecule has 124 valence electrons. The smallest absolute Gasteiger partial charge is 0.259 e. The molecule has 0 radical (unpaired) electrons. The lowest BCUT2D eigenvalue weighted by Crippen LogP contribution is -2.39. The molecule has 0 unspecified atom stereocenters. The molecule has 1 heterocycles. The number of hydrogen-bond donors (Lipinski definition) is 2. The highest BCUT2D eigenvalue weighted by Gasteiger charge is 2.18. The maximum atomic E-state index is 11.8. The topological polar surface area (TPSA) is 82.0 Å². The first kappa shape index (κ1) is 17.6. The predicted molar refractivity (Wildman–Crippen MR) is 88.9 cm³/mol. The Morgan fingerprint density at radius 3 is 2.91 bits per heavy atom. The zero-order valence-corrected chi connectivity index (χ0v) is 13.9. The van der Waals surface area contributed by atoms with Crippen molar-refractivity contribution >= 4 is 41.2 Å². The van der Waals surface area contributed by atoms with Crippen LogP contribution in [0, 0.1) is 0 Å². The van der Waals surface area contributed by atoms with E-state index in [2.05, 4.69) is 10.5 Å². The van der Waals surface area contributed by atoms with Crippen LogP contribution in [0.3, 0.4) is 0 Å². The zero-order chi connectivity index (χ0) is 16.8. The number of carbonyl (C=O) groups excluding carboxylic acids is 2. The van der Waals surface area contributed by atoms with Crippen LogP contribution < -0.4 is 5.43 Å². The molecule has 0 spiro atoms. The Hall–Kier alpha value is -1.79. The van der Waals surface area contributed by atoms with E-state index in [0.717, 1.165) is 19.3 Å². The fraction of sp³-hybridized carbons (Fsp3) is 0.400. The van der Waals surface area contributed by atoms with Crippen LogP contribution in [0.1, 0.15) is 31.2 Å². The van der Waals surface area contributed by atoms with Crippen molar-refractivity contribution in [1.82, 2.24) is 10.3 Å². The second kappa shape index (κ2) is 8.17. The Morgan fingerprint density at radius 1 is 1.35 bits per heavy atom. The number of rotatable bonds is 4. The SMILES string of the molecule is O=C(CN1CCCCCC1=O)N/N=C/c1cc(Cl)cc(Cl)c1O. The molecule has 0 atom stereocenters. The van der Waals surface area contributed by atoms with Crippen molar-refractivity contribution in [2.45, 2.75) is 25.7 Å². The van der Waals surface area contributed by atoms with Gasteiger partial charge >= 0.3 is 0 Å². The standard InChI is InChI=1S/C15H17Cl2N3O3/c16-11-6-10(15(23)12(17)7-11)8-18-19-13(21)9-20-5-3-1-2-4-14(20)22/h6-8,23H,1-5,9H2,(H,19,21)/b18-8+. The molecule has 0 bridgehead atoms. The molecule has 0 aliphatic carbocycles. The Labute approximate surface area is 144 Å². The van der Waals surface area contributed by atoms with E-state index < -0.39 is 5.91 Å². The van der Waals surface area contributed by atoms with Crippen LogP contribution in [-0.2, 0) is 9.59 Å². The monoisotopic (exact) mass is 357 g/mol. The fourth-order valence-corrected chi connectivity index (χ4v) is 2.78. The first-order valence-electron chi connectivity index (χ1n) is 7.25. The summed E-state index contributed by atoms with van der Waals surface area (Å²) < 4.78 is 0. The van der Waals surface area contributed by atoms with Gasteiger partial charge < -0.3 is 10.0 Å². The third-order valence-electron chi connectivity index (χ3n) is 3.46. The first-order chi connectivity index (χ1) is 11.0. The number of halogens is 2. The summed E-state index contributed by atoms with van der Waals surface area (Å²) in [6, 6.07) is 2.87. The molecule has 0 aromatic heterocycles. The van der Waals surface area contributed by atoms with Crippen molar-refractivity contribution in [3.8, 4) is 5.75 Å². The van der Waals surface area contributed by atoms with Gasteiger partial charge in [0.25, 0.3) is 5.91 Å². The van der Waals surface area contributed by atoms with E-state index in [9.17, 15) is 14.7 Å². The maximum Gasteiger partial charge on any atom is 0.259 e. The summed E-state index contributed by atoms with van der Waals surface area (Å²) in [7, 11) is 0. The van der Waals surface area contributed by atoms with E-state index in [-0.39, 0.29) is 28.8 Å². The highest BCUT2D eigenvalue weighted by atomic mass is 35.5. The van der Waals surface area contributed by atoms with Gasteiger partial charge in [0.1, 0.15) is 12.3 Å². The minimum atomic E-state index is -0.399. The number of nitrogens with one attached hydrogen (secondary N) is 1. The van der Waals surface area contributed by atoms with Gasteiger partial charge in [0.05, 0.1) is 11.2 Å². The van der Waals surface area contributed by atoms with Gasteiger partial charge in [-0.3, -0.25) is 9.59 Å². The van der Waals surface area contributed by atoms with Crippen molar-refractivity contribution in [2.24, 2.45) is 5.10 Å². The van der Waals surface area contributed by atoms with Crippen LogP contribution in [0.15, 0.2) is 17.2 Å². The van der Waals surface area contributed by atoms with E-state index in [4.69, 9.17) is 23.2 Å². The second-order valence-electron chi connectivity index (χ2n) is 5.24. The lowest BCUT2D eigenvalue weighted by atomic mass is 10.2. The summed E-state index contributed by atoms with van der Waals surface area (Å²) in [6.07, 6.45) is 4.48. The van der Waals surface area contributed by atoms with E-state index >= 15 is 0 Å². The van der Waals surface area contributed by atoms with E-state index in [1.165, 1.54) is 23.2 Å². The van der Waals surface area contributed by atoms with Crippen LogP contribution in [0.2, 0.25) is 10.0 Å². The van der Waals surface area contributed by atoms with E-state index in [1.807, 2.05) is 0 Å². The van der Waals surface area contributed by atoms with Gasteiger partial charge in [0, 0.05) is 23.6 Å². The van der Waals surface area contributed by atoms with Crippen molar-refractivity contribution in [1.29, 1.82) is 0 Å². The number of benzene rings is 1. The summed E-state index contributed by atoms with van der Waals surface area (Å²) in [6.45, 7) is 0.555. The van der Waals surface area contributed by atoms with Gasteiger partial charge in [-0.15, -0.1) is 0 Å². The molecular weight excluding hydrogens is 341 g/mol. The lowest BCUT2D eigenvalue weighted by molar-refractivity contribution is -0.135. The van der Waals surface area contributed by atoms with Gasteiger partial charge in [-0.05, 0) is 25.0 Å². The van der Waals surface area contributed by atoms with Crippen molar-refractivity contribution in [3.63, 3.8) is 0 Å². The summed E-state index contributed by atoms with van der Waals surface area (Å²) >= 11 is 11.6. The summed E-state index contributed by atoms with van der Waals surface area (Å²) in [5.74, 6) is -0.582. The number of carbonyl (C=O) groups is 2. The molecule has 23 heavy (non-hydrogen) atoms. The van der Waals surface area contributed by atoms with Crippen LogP contribution in [0.5, 0.6) is 5.75 Å². The molecule has 1 aliphatic heterocycles. The first-order valence-corrected chi connectivity index (χ1v) is 8.00. The fourth-order valence-electron chi connectivity index (χ4n) is 2.27. The van der Waals surface area contributed by atoms with Gasteiger partial charge in [-0.25, -0.2) is 5.43 Å². The van der Waals surface area contributed by atoms with Crippen LogP contribution in [0.4, 0.5) is 0 Å². The number of nitrogens with zero attached hydrogens (tertiary/aromatic N) is 2. The van der Waals surface area contributed by atoms with Gasteiger partial charge in [0.15, 0.2) is 0 Å². The molecule has 2 N–H and O–H groups in total. The van der Waals surface area contributed by atoms with Crippen molar-refractivity contribution in [3.05, 3.63) is 27.7 Å². The summed E-state index contributed by atoms with van der Waals surface area (Å²) in [4.78, 5) is 25.2. The van der Waals surface area contributed by atoms with Crippen LogP contribution in [0.25, 0.3) is 0 Å².